The molecule has 0 spiro atoms. The van der Waals surface area contributed by atoms with Gasteiger partial charge in [0.25, 0.3) is 0 Å². The van der Waals surface area contributed by atoms with Gasteiger partial charge < -0.3 is 0 Å². The van der Waals surface area contributed by atoms with Crippen LogP contribution in [0.2, 0.25) is 0 Å². The average molecular weight is 655 g/mol. The number of benzene rings is 8. The normalized spacial score (nSPS) is 12.0. The van der Waals surface area contributed by atoms with Crippen molar-refractivity contribution >= 4 is 85.6 Å². The molecule has 50 heavy (non-hydrogen) atoms. The number of hydrogen-bond acceptors (Lipinski definition) is 4. The van der Waals surface area contributed by atoms with E-state index in [1.54, 1.807) is 0 Å². The Bertz CT molecular complexity index is 3100. The number of fused-ring (bicyclic) bond motifs is 11. The van der Waals surface area contributed by atoms with Crippen LogP contribution in [0.3, 0.4) is 0 Å². The van der Waals surface area contributed by atoms with E-state index >= 15 is 0 Å². The summed E-state index contributed by atoms with van der Waals surface area (Å²) in [7, 11) is 0. The molecule has 0 aliphatic heterocycles. The van der Waals surface area contributed by atoms with Crippen LogP contribution < -0.4 is 0 Å². The highest BCUT2D eigenvalue weighted by Crippen LogP contribution is 2.47. The maximum atomic E-state index is 5.39. The van der Waals surface area contributed by atoms with Crippen LogP contribution in [0.1, 0.15) is 0 Å². The van der Waals surface area contributed by atoms with Gasteiger partial charge in [0.2, 0.25) is 5.95 Å². The molecule has 4 nitrogen and oxygen atoms in total. The zero-order chi connectivity index (χ0) is 32.8. The predicted molar refractivity (Wildman–Crippen MR) is 210 cm³/mol. The Labute approximate surface area is 290 Å². The summed E-state index contributed by atoms with van der Waals surface area (Å²) in [5.74, 6) is 1.90. The molecular weight excluding hydrogens is 629 g/mol. The predicted octanol–water partition coefficient (Wildman–Crippen LogP) is 12.1. The maximum Gasteiger partial charge on any atom is 0.238 e. The van der Waals surface area contributed by atoms with Gasteiger partial charge in [0.15, 0.2) is 11.6 Å². The summed E-state index contributed by atoms with van der Waals surface area (Å²) in [4.78, 5) is 15.9. The second-order valence-electron chi connectivity index (χ2n) is 12.8. The van der Waals surface area contributed by atoms with E-state index in [2.05, 4.69) is 144 Å². The molecular formula is C45H26N4S. The van der Waals surface area contributed by atoms with Gasteiger partial charge in [-0.05, 0) is 57.3 Å². The highest BCUT2D eigenvalue weighted by atomic mass is 32.1. The molecule has 8 aromatic carbocycles. The van der Waals surface area contributed by atoms with Gasteiger partial charge in [0, 0.05) is 47.5 Å². The Hall–Kier alpha value is -6.43. The lowest BCUT2D eigenvalue weighted by molar-refractivity contribution is 0.954. The van der Waals surface area contributed by atoms with E-state index in [-0.39, 0.29) is 0 Å². The quantitative estimate of drug-likeness (QED) is 0.178. The molecule has 0 aliphatic rings. The molecule has 0 bridgehead atoms. The smallest absolute Gasteiger partial charge is 0.238 e. The lowest BCUT2D eigenvalue weighted by Crippen LogP contribution is -2.06. The van der Waals surface area contributed by atoms with Crippen molar-refractivity contribution in [2.24, 2.45) is 0 Å². The van der Waals surface area contributed by atoms with Crippen LogP contribution in [-0.4, -0.2) is 19.5 Å². The van der Waals surface area contributed by atoms with Gasteiger partial charge in [-0.3, -0.25) is 4.57 Å². The van der Waals surface area contributed by atoms with Crippen LogP contribution in [0, 0.1) is 0 Å². The molecule has 0 N–H and O–H groups in total. The van der Waals surface area contributed by atoms with Crippen molar-refractivity contribution in [1.29, 1.82) is 0 Å². The van der Waals surface area contributed by atoms with E-state index in [4.69, 9.17) is 15.0 Å². The third-order valence-electron chi connectivity index (χ3n) is 9.99. The Kier molecular flexibility index (Phi) is 5.80. The highest BCUT2D eigenvalue weighted by molar-refractivity contribution is 7.27. The summed E-state index contributed by atoms with van der Waals surface area (Å²) in [6.45, 7) is 0. The summed E-state index contributed by atoms with van der Waals surface area (Å²) in [6, 6.07) is 56.0. The molecule has 11 rings (SSSR count). The van der Waals surface area contributed by atoms with Gasteiger partial charge in [0.05, 0.1) is 11.0 Å². The Morgan fingerprint density at radius 2 is 1.02 bits per heavy atom. The number of nitrogens with zero attached hydrogens (tertiary/aromatic N) is 4. The molecule has 0 saturated heterocycles. The molecule has 0 fully saturated rings. The van der Waals surface area contributed by atoms with Gasteiger partial charge in [-0.1, -0.05) is 127 Å². The minimum absolute atomic E-state index is 0.600. The minimum Gasteiger partial charge on any atom is -0.278 e. The Balaban J connectivity index is 1.30. The molecule has 0 aliphatic carbocycles. The Morgan fingerprint density at radius 1 is 0.420 bits per heavy atom. The first-order chi connectivity index (χ1) is 24.8. The minimum atomic E-state index is 0.600. The molecule has 0 unspecified atom stereocenters. The molecule has 232 valence electrons. The van der Waals surface area contributed by atoms with Gasteiger partial charge in [-0.15, -0.1) is 11.3 Å². The van der Waals surface area contributed by atoms with Crippen molar-refractivity contribution in [3.63, 3.8) is 0 Å². The molecule has 3 heterocycles. The standard InChI is InChI=1S/C45H26N4S/c1-2-13-28(14-3-1)43-46-44(48-45(47-43)49-37-20-10-8-18-33(37)34-19-9-11-21-38(34)49)36-25-31-23-22-27-12-6-7-17-32(27)40(31)42-41(36)35-24-29-15-4-5-16-30(29)26-39(35)50-42/h1-26H. The SMILES string of the molecule is c1ccc(-c2nc(-c3cc4ccc5ccccc5c4c4sc5cc6ccccc6cc5c34)nc(-n3c4ccccc4c4ccccc43)n2)cc1. The fraction of sp³-hybridized carbons (Fsp3) is 0. The van der Waals surface area contributed by atoms with E-state index in [1.165, 1.54) is 63.3 Å². The van der Waals surface area contributed by atoms with Crippen molar-refractivity contribution < 1.29 is 0 Å². The average Bonchev–Trinajstić information content (AvgIpc) is 3.72. The van der Waals surface area contributed by atoms with Gasteiger partial charge in [0.1, 0.15) is 0 Å². The van der Waals surface area contributed by atoms with Crippen LogP contribution in [0.5, 0.6) is 0 Å². The molecule has 0 amide bonds. The lowest BCUT2D eigenvalue weighted by atomic mass is 9.95. The maximum absolute atomic E-state index is 5.39. The van der Waals surface area contributed by atoms with Crippen molar-refractivity contribution in [1.82, 2.24) is 19.5 Å². The van der Waals surface area contributed by atoms with E-state index < -0.39 is 0 Å². The number of aromatic nitrogens is 4. The highest BCUT2D eigenvalue weighted by Gasteiger charge is 2.22. The second kappa shape index (κ2) is 10.5. The molecule has 0 atom stereocenters. The summed E-state index contributed by atoms with van der Waals surface area (Å²) >= 11 is 1.86. The first-order valence-electron chi connectivity index (χ1n) is 16.8. The zero-order valence-electron chi connectivity index (χ0n) is 26.7. The lowest BCUT2D eigenvalue weighted by Gasteiger charge is -2.13. The summed E-state index contributed by atoms with van der Waals surface area (Å²) in [5, 5.41) is 12.1. The fourth-order valence-electron chi connectivity index (χ4n) is 7.73. The van der Waals surface area contributed by atoms with Crippen molar-refractivity contribution in [3.8, 4) is 28.7 Å². The molecule has 5 heteroatoms. The van der Waals surface area contributed by atoms with Crippen molar-refractivity contribution in [2.45, 2.75) is 0 Å². The third kappa shape index (κ3) is 4.01. The van der Waals surface area contributed by atoms with Gasteiger partial charge >= 0.3 is 0 Å². The van der Waals surface area contributed by atoms with Crippen molar-refractivity contribution in [2.75, 3.05) is 0 Å². The first kappa shape index (κ1) is 27.5. The van der Waals surface area contributed by atoms with Crippen LogP contribution in [0.25, 0.3) is 103 Å². The Morgan fingerprint density at radius 3 is 1.78 bits per heavy atom. The zero-order valence-corrected chi connectivity index (χ0v) is 27.5. The van der Waals surface area contributed by atoms with E-state index in [9.17, 15) is 0 Å². The van der Waals surface area contributed by atoms with Crippen LogP contribution in [0.15, 0.2) is 158 Å². The van der Waals surface area contributed by atoms with Crippen molar-refractivity contribution in [3.05, 3.63) is 158 Å². The van der Waals surface area contributed by atoms with Gasteiger partial charge in [-0.2, -0.15) is 9.97 Å². The number of rotatable bonds is 3. The van der Waals surface area contributed by atoms with Crippen LogP contribution >= 0.6 is 11.3 Å². The van der Waals surface area contributed by atoms with E-state index in [1.807, 2.05) is 29.5 Å². The topological polar surface area (TPSA) is 43.6 Å². The van der Waals surface area contributed by atoms with E-state index in [0.717, 1.165) is 22.2 Å². The number of hydrogen-bond donors (Lipinski definition) is 0. The monoisotopic (exact) mass is 654 g/mol. The molecule has 11 aromatic rings. The summed E-state index contributed by atoms with van der Waals surface area (Å²) < 4.78 is 4.69. The second-order valence-corrected chi connectivity index (χ2v) is 13.9. The number of para-hydroxylation sites is 2. The molecule has 3 aromatic heterocycles. The fourth-order valence-corrected chi connectivity index (χ4v) is 9.06. The van der Waals surface area contributed by atoms with Crippen LogP contribution in [0.4, 0.5) is 0 Å². The van der Waals surface area contributed by atoms with Gasteiger partial charge in [-0.25, -0.2) is 4.98 Å². The summed E-state index contributed by atoms with van der Waals surface area (Å²) in [6.07, 6.45) is 0. The summed E-state index contributed by atoms with van der Waals surface area (Å²) in [5.41, 5.74) is 4.08. The third-order valence-corrected chi connectivity index (χ3v) is 11.2. The number of thiophene rings is 1. The first-order valence-corrected chi connectivity index (χ1v) is 17.6. The molecule has 0 saturated carbocycles. The van der Waals surface area contributed by atoms with E-state index in [0.29, 0.717) is 17.6 Å². The molecule has 0 radical (unpaired) electrons. The largest absolute Gasteiger partial charge is 0.278 e. The van der Waals surface area contributed by atoms with Crippen LogP contribution in [-0.2, 0) is 0 Å².